The average molecular weight is 224 g/mol. The molecular weight excluding hydrogens is 204 g/mol. The molecular formula is C13H20OS. The molecule has 2 heteroatoms. The highest BCUT2D eigenvalue weighted by Crippen LogP contribution is 2.14. The lowest BCUT2D eigenvalue weighted by atomic mass is 10.1. The second-order valence-electron chi connectivity index (χ2n) is 3.99. The lowest BCUT2D eigenvalue weighted by Gasteiger charge is -2.10. The van der Waals surface area contributed by atoms with Crippen LogP contribution < -0.4 is 4.74 Å². The minimum Gasteiger partial charge on any atom is -0.493 e. The molecule has 0 aliphatic rings. The zero-order valence-corrected chi connectivity index (χ0v) is 10.5. The summed E-state index contributed by atoms with van der Waals surface area (Å²) in [6, 6.07) is 8.39. The Morgan fingerprint density at radius 3 is 2.47 bits per heavy atom. The standard InChI is InChI=1S/C13H20OS/c1-3-4-12-5-7-13(8-6-12)14-9-11(2)10-15/h5-8,11,15H,3-4,9-10H2,1-2H3. The zero-order valence-electron chi connectivity index (χ0n) is 9.57. The van der Waals surface area contributed by atoms with Gasteiger partial charge in [0.25, 0.3) is 0 Å². The van der Waals surface area contributed by atoms with Crippen LogP contribution in [-0.2, 0) is 6.42 Å². The number of hydrogen-bond donors (Lipinski definition) is 1. The van der Waals surface area contributed by atoms with E-state index in [-0.39, 0.29) is 0 Å². The molecule has 0 saturated heterocycles. The normalized spacial score (nSPS) is 12.5. The van der Waals surface area contributed by atoms with Crippen molar-refractivity contribution in [2.45, 2.75) is 26.7 Å². The Balaban J connectivity index is 2.42. The van der Waals surface area contributed by atoms with Crippen LogP contribution >= 0.6 is 12.6 Å². The summed E-state index contributed by atoms with van der Waals surface area (Å²) in [7, 11) is 0. The molecule has 0 aliphatic heterocycles. The van der Waals surface area contributed by atoms with Crippen molar-refractivity contribution in [1.82, 2.24) is 0 Å². The van der Waals surface area contributed by atoms with E-state index < -0.39 is 0 Å². The predicted octanol–water partition coefficient (Wildman–Crippen LogP) is 3.58. The van der Waals surface area contributed by atoms with Crippen molar-refractivity contribution in [1.29, 1.82) is 0 Å². The monoisotopic (exact) mass is 224 g/mol. The van der Waals surface area contributed by atoms with Crippen LogP contribution in [0.1, 0.15) is 25.8 Å². The van der Waals surface area contributed by atoms with Gasteiger partial charge in [-0.05, 0) is 35.8 Å². The summed E-state index contributed by atoms with van der Waals surface area (Å²) in [4.78, 5) is 0. The highest BCUT2D eigenvalue weighted by molar-refractivity contribution is 7.80. The van der Waals surface area contributed by atoms with Gasteiger partial charge in [0.15, 0.2) is 0 Å². The van der Waals surface area contributed by atoms with Crippen LogP contribution in [0.5, 0.6) is 5.75 Å². The first-order chi connectivity index (χ1) is 7.26. The number of aryl methyl sites for hydroxylation is 1. The molecule has 0 aromatic heterocycles. The van der Waals surface area contributed by atoms with Gasteiger partial charge >= 0.3 is 0 Å². The average Bonchev–Trinajstić information content (AvgIpc) is 2.28. The van der Waals surface area contributed by atoms with Gasteiger partial charge in [0.2, 0.25) is 0 Å². The van der Waals surface area contributed by atoms with Crippen LogP contribution in [0.4, 0.5) is 0 Å². The maximum atomic E-state index is 5.64. The molecule has 1 aromatic rings. The van der Waals surface area contributed by atoms with E-state index in [9.17, 15) is 0 Å². The molecule has 1 unspecified atom stereocenters. The van der Waals surface area contributed by atoms with Crippen LogP contribution in [0.15, 0.2) is 24.3 Å². The third-order valence-electron chi connectivity index (χ3n) is 2.31. The fraction of sp³-hybridized carbons (Fsp3) is 0.538. The summed E-state index contributed by atoms with van der Waals surface area (Å²) in [5.74, 6) is 2.33. The first kappa shape index (κ1) is 12.4. The van der Waals surface area contributed by atoms with Gasteiger partial charge in [0.05, 0.1) is 6.61 Å². The van der Waals surface area contributed by atoms with Gasteiger partial charge in [-0.25, -0.2) is 0 Å². The summed E-state index contributed by atoms with van der Waals surface area (Å²) in [6.45, 7) is 5.08. The van der Waals surface area contributed by atoms with E-state index in [1.165, 1.54) is 12.0 Å². The molecule has 1 rings (SSSR count). The van der Waals surface area contributed by atoms with Gasteiger partial charge in [-0.2, -0.15) is 12.6 Å². The molecule has 0 fully saturated rings. The third-order valence-corrected chi connectivity index (χ3v) is 2.93. The van der Waals surface area contributed by atoms with Gasteiger partial charge in [-0.3, -0.25) is 0 Å². The maximum Gasteiger partial charge on any atom is 0.119 e. The van der Waals surface area contributed by atoms with Gasteiger partial charge in [-0.15, -0.1) is 0 Å². The van der Waals surface area contributed by atoms with Gasteiger partial charge in [0, 0.05) is 0 Å². The third kappa shape index (κ3) is 4.61. The number of rotatable bonds is 6. The minimum atomic E-state index is 0.503. The summed E-state index contributed by atoms with van der Waals surface area (Å²) >= 11 is 4.23. The van der Waals surface area contributed by atoms with Crippen molar-refractivity contribution >= 4 is 12.6 Å². The molecule has 0 aliphatic carbocycles. The summed E-state index contributed by atoms with van der Waals surface area (Å²) < 4.78 is 5.64. The molecule has 0 saturated carbocycles. The van der Waals surface area contributed by atoms with Crippen LogP contribution in [-0.4, -0.2) is 12.4 Å². The lowest BCUT2D eigenvalue weighted by Crippen LogP contribution is -2.09. The van der Waals surface area contributed by atoms with E-state index in [1.54, 1.807) is 0 Å². The quantitative estimate of drug-likeness (QED) is 0.727. The Morgan fingerprint density at radius 1 is 1.27 bits per heavy atom. The molecule has 0 heterocycles. The highest BCUT2D eigenvalue weighted by Gasteiger charge is 2.00. The summed E-state index contributed by atoms with van der Waals surface area (Å²) in [5, 5.41) is 0. The molecule has 15 heavy (non-hydrogen) atoms. The lowest BCUT2D eigenvalue weighted by molar-refractivity contribution is 0.273. The van der Waals surface area contributed by atoms with Crippen molar-refractivity contribution in [2.75, 3.05) is 12.4 Å². The van der Waals surface area contributed by atoms with Crippen molar-refractivity contribution in [3.8, 4) is 5.75 Å². The first-order valence-corrected chi connectivity index (χ1v) is 6.22. The van der Waals surface area contributed by atoms with Crippen molar-refractivity contribution < 1.29 is 4.74 Å². The highest BCUT2D eigenvalue weighted by atomic mass is 32.1. The number of hydrogen-bond acceptors (Lipinski definition) is 2. The molecule has 1 aromatic carbocycles. The van der Waals surface area contributed by atoms with E-state index in [0.717, 1.165) is 24.5 Å². The SMILES string of the molecule is CCCc1ccc(OCC(C)CS)cc1. The minimum absolute atomic E-state index is 0.503. The van der Waals surface area contributed by atoms with Crippen LogP contribution in [0.3, 0.4) is 0 Å². The zero-order chi connectivity index (χ0) is 11.1. The number of ether oxygens (including phenoxy) is 1. The smallest absolute Gasteiger partial charge is 0.119 e. The predicted molar refractivity (Wildman–Crippen MR) is 68.9 cm³/mol. The van der Waals surface area contributed by atoms with E-state index in [1.807, 2.05) is 0 Å². The molecule has 1 nitrogen and oxygen atoms in total. The Labute approximate surface area is 98.3 Å². The first-order valence-electron chi connectivity index (χ1n) is 5.58. The Kier molecular flexibility index (Phi) is 5.62. The molecule has 0 radical (unpaired) electrons. The van der Waals surface area contributed by atoms with Crippen molar-refractivity contribution in [3.05, 3.63) is 29.8 Å². The Morgan fingerprint density at radius 2 is 1.93 bits per heavy atom. The van der Waals surface area contributed by atoms with Crippen LogP contribution in [0.2, 0.25) is 0 Å². The molecule has 1 atom stereocenters. The van der Waals surface area contributed by atoms with E-state index in [0.29, 0.717) is 5.92 Å². The molecule has 0 spiro atoms. The molecule has 0 N–H and O–H groups in total. The Hall–Kier alpha value is -0.630. The summed E-state index contributed by atoms with van der Waals surface area (Å²) in [6.07, 6.45) is 2.34. The fourth-order valence-corrected chi connectivity index (χ4v) is 1.44. The maximum absolute atomic E-state index is 5.64. The van der Waals surface area contributed by atoms with Crippen molar-refractivity contribution in [3.63, 3.8) is 0 Å². The summed E-state index contributed by atoms with van der Waals surface area (Å²) in [5.41, 5.74) is 1.38. The van der Waals surface area contributed by atoms with Crippen LogP contribution in [0, 0.1) is 5.92 Å². The second-order valence-corrected chi connectivity index (χ2v) is 4.36. The topological polar surface area (TPSA) is 9.23 Å². The second kappa shape index (κ2) is 6.78. The van der Waals surface area contributed by atoms with Gasteiger partial charge in [-0.1, -0.05) is 32.4 Å². The largest absolute Gasteiger partial charge is 0.493 e. The van der Waals surface area contributed by atoms with E-state index in [4.69, 9.17) is 4.74 Å². The molecule has 0 bridgehead atoms. The number of thiol groups is 1. The van der Waals surface area contributed by atoms with Crippen molar-refractivity contribution in [2.24, 2.45) is 5.92 Å². The van der Waals surface area contributed by atoms with Gasteiger partial charge in [0.1, 0.15) is 5.75 Å². The molecule has 84 valence electrons. The molecule has 0 amide bonds. The van der Waals surface area contributed by atoms with E-state index >= 15 is 0 Å². The van der Waals surface area contributed by atoms with Gasteiger partial charge < -0.3 is 4.74 Å². The Bertz CT molecular complexity index is 268. The van der Waals surface area contributed by atoms with E-state index in [2.05, 4.69) is 50.7 Å². The van der Waals surface area contributed by atoms with Crippen LogP contribution in [0.25, 0.3) is 0 Å². The number of benzene rings is 1. The fourth-order valence-electron chi connectivity index (χ4n) is 1.33.